The summed E-state index contributed by atoms with van der Waals surface area (Å²) in [5.41, 5.74) is 1.04. The number of fused-ring (bicyclic) bond motifs is 1. The van der Waals surface area contributed by atoms with Crippen molar-refractivity contribution in [2.75, 3.05) is 13.1 Å². The van der Waals surface area contributed by atoms with E-state index >= 15 is 0 Å². The summed E-state index contributed by atoms with van der Waals surface area (Å²) in [7, 11) is 0. The number of aromatic nitrogens is 1. The highest BCUT2D eigenvalue weighted by Crippen LogP contribution is 2.20. The molecule has 0 N–H and O–H groups in total. The van der Waals surface area contributed by atoms with Crippen LogP contribution in [-0.2, 0) is 11.2 Å². The molecular formula is C17H16N2O. The molecule has 1 amide bonds. The van der Waals surface area contributed by atoms with Gasteiger partial charge in [0, 0.05) is 49.1 Å². The lowest BCUT2D eigenvalue weighted by molar-refractivity contribution is -0.127. The Morgan fingerprint density at radius 3 is 3.00 bits per heavy atom. The molecule has 1 aliphatic rings. The predicted molar refractivity (Wildman–Crippen MR) is 79.0 cm³/mol. The molecule has 20 heavy (non-hydrogen) atoms. The van der Waals surface area contributed by atoms with Gasteiger partial charge in [0.1, 0.15) is 0 Å². The van der Waals surface area contributed by atoms with E-state index in [1.807, 2.05) is 29.3 Å². The van der Waals surface area contributed by atoms with Gasteiger partial charge in [-0.15, -0.1) is 12.3 Å². The first-order valence-corrected chi connectivity index (χ1v) is 6.84. The van der Waals surface area contributed by atoms with E-state index in [4.69, 9.17) is 6.42 Å². The quantitative estimate of drug-likeness (QED) is 0.797. The van der Waals surface area contributed by atoms with Crippen LogP contribution in [0.3, 0.4) is 0 Å². The van der Waals surface area contributed by atoms with Gasteiger partial charge < -0.3 is 4.90 Å². The first-order valence-electron chi connectivity index (χ1n) is 6.84. The third-order valence-electron chi connectivity index (χ3n) is 3.82. The molecule has 2 heterocycles. The molecule has 1 atom stereocenters. The van der Waals surface area contributed by atoms with Crippen LogP contribution in [-0.4, -0.2) is 28.9 Å². The van der Waals surface area contributed by atoms with E-state index in [-0.39, 0.29) is 11.8 Å². The van der Waals surface area contributed by atoms with Crippen molar-refractivity contribution in [2.24, 2.45) is 5.92 Å². The molecule has 0 spiro atoms. The lowest BCUT2D eigenvalue weighted by Gasteiger charge is -2.16. The van der Waals surface area contributed by atoms with Crippen LogP contribution in [0, 0.1) is 18.3 Å². The van der Waals surface area contributed by atoms with Crippen molar-refractivity contribution in [3.05, 3.63) is 42.2 Å². The fourth-order valence-electron chi connectivity index (χ4n) is 2.72. The second-order valence-electron chi connectivity index (χ2n) is 5.14. The number of amides is 1. The van der Waals surface area contributed by atoms with Crippen molar-refractivity contribution in [1.29, 1.82) is 0 Å². The number of nitrogens with zero attached hydrogens (tertiary/aromatic N) is 2. The van der Waals surface area contributed by atoms with Gasteiger partial charge in [-0.3, -0.25) is 9.78 Å². The molecule has 1 aromatic heterocycles. The van der Waals surface area contributed by atoms with Crippen molar-refractivity contribution in [3.63, 3.8) is 0 Å². The molecule has 1 unspecified atom stereocenters. The molecule has 1 fully saturated rings. The molecule has 1 aromatic carbocycles. The van der Waals surface area contributed by atoms with Gasteiger partial charge in [0.25, 0.3) is 0 Å². The van der Waals surface area contributed by atoms with E-state index in [1.165, 1.54) is 5.39 Å². The highest BCUT2D eigenvalue weighted by atomic mass is 16.2. The van der Waals surface area contributed by atoms with Crippen molar-refractivity contribution in [2.45, 2.75) is 12.8 Å². The summed E-state index contributed by atoms with van der Waals surface area (Å²) in [5, 5.41) is 2.35. The smallest absolute Gasteiger partial charge is 0.223 e. The zero-order chi connectivity index (χ0) is 13.9. The number of pyridine rings is 1. The average Bonchev–Trinajstić information content (AvgIpc) is 2.85. The van der Waals surface area contributed by atoms with Crippen LogP contribution in [0.1, 0.15) is 12.1 Å². The van der Waals surface area contributed by atoms with Gasteiger partial charge in [0.2, 0.25) is 5.91 Å². The normalized spacial score (nSPS) is 18.4. The first kappa shape index (κ1) is 12.7. The van der Waals surface area contributed by atoms with Gasteiger partial charge in [-0.2, -0.15) is 0 Å². The number of carbonyl (C=O) groups is 1. The van der Waals surface area contributed by atoms with Gasteiger partial charge in [-0.25, -0.2) is 0 Å². The molecule has 2 aromatic rings. The number of rotatable bonds is 3. The Morgan fingerprint density at radius 1 is 1.35 bits per heavy atom. The molecule has 1 aliphatic heterocycles. The number of likely N-dealkylation sites (tertiary alicyclic amines) is 1. The van der Waals surface area contributed by atoms with Crippen LogP contribution in [0.5, 0.6) is 0 Å². The molecule has 0 aliphatic carbocycles. The van der Waals surface area contributed by atoms with Crippen LogP contribution < -0.4 is 0 Å². The van der Waals surface area contributed by atoms with E-state index < -0.39 is 0 Å². The van der Waals surface area contributed by atoms with Crippen LogP contribution in [0.2, 0.25) is 0 Å². The predicted octanol–water partition coefficient (Wildman–Crippen LogP) is 2.26. The van der Waals surface area contributed by atoms with Crippen molar-refractivity contribution < 1.29 is 4.79 Å². The Hall–Kier alpha value is -2.34. The summed E-state index contributed by atoms with van der Waals surface area (Å²) in [6, 6.07) is 10.2. The fraction of sp³-hybridized carbons (Fsp3) is 0.294. The third kappa shape index (κ3) is 2.37. The summed E-state index contributed by atoms with van der Waals surface area (Å²) >= 11 is 0. The molecular weight excluding hydrogens is 248 g/mol. The van der Waals surface area contributed by atoms with Crippen LogP contribution in [0.4, 0.5) is 0 Å². The zero-order valence-corrected chi connectivity index (χ0v) is 11.2. The molecule has 3 heteroatoms. The van der Waals surface area contributed by atoms with Crippen molar-refractivity contribution in [1.82, 2.24) is 9.88 Å². The van der Waals surface area contributed by atoms with Crippen LogP contribution >= 0.6 is 0 Å². The van der Waals surface area contributed by atoms with E-state index in [2.05, 4.69) is 23.0 Å². The minimum atomic E-state index is 0.0722. The average molecular weight is 264 g/mol. The van der Waals surface area contributed by atoms with E-state index in [0.717, 1.165) is 17.5 Å². The third-order valence-corrected chi connectivity index (χ3v) is 3.82. The Bertz CT molecular complexity index is 681. The SMILES string of the molecule is C#CC1CC(=O)N(CCc2nccc3ccccc23)C1. The molecule has 3 rings (SSSR count). The number of terminal acetylenes is 1. The van der Waals surface area contributed by atoms with Crippen molar-refractivity contribution in [3.8, 4) is 12.3 Å². The van der Waals surface area contributed by atoms with Crippen LogP contribution in [0.15, 0.2) is 36.5 Å². The number of benzene rings is 1. The standard InChI is InChI=1S/C17H16N2O/c1-2-13-11-17(20)19(12-13)10-8-16-15-6-4-3-5-14(15)7-9-18-16/h1,3-7,9,13H,8,10-12H2. The van der Waals surface area contributed by atoms with E-state index in [1.54, 1.807) is 0 Å². The monoisotopic (exact) mass is 264 g/mol. The molecule has 100 valence electrons. The number of hydrogen-bond acceptors (Lipinski definition) is 2. The molecule has 0 saturated carbocycles. The lowest BCUT2D eigenvalue weighted by atomic mass is 10.1. The van der Waals surface area contributed by atoms with Gasteiger partial charge in [-0.1, -0.05) is 24.3 Å². The summed E-state index contributed by atoms with van der Waals surface area (Å²) in [6.07, 6.45) is 8.48. The minimum Gasteiger partial charge on any atom is -0.341 e. The summed E-state index contributed by atoms with van der Waals surface area (Å²) in [4.78, 5) is 18.1. The summed E-state index contributed by atoms with van der Waals surface area (Å²) in [5.74, 6) is 2.91. The van der Waals surface area contributed by atoms with Crippen LogP contribution in [0.25, 0.3) is 10.8 Å². The Kier molecular flexibility index (Phi) is 3.39. The van der Waals surface area contributed by atoms with Gasteiger partial charge in [0.15, 0.2) is 0 Å². The molecule has 0 radical (unpaired) electrons. The fourth-order valence-corrected chi connectivity index (χ4v) is 2.72. The maximum atomic E-state index is 11.8. The Balaban J connectivity index is 1.75. The first-order chi connectivity index (χ1) is 9.78. The molecule has 0 bridgehead atoms. The zero-order valence-electron chi connectivity index (χ0n) is 11.2. The second kappa shape index (κ2) is 5.34. The number of hydrogen-bond donors (Lipinski definition) is 0. The maximum absolute atomic E-state index is 11.8. The lowest BCUT2D eigenvalue weighted by Crippen LogP contribution is -2.27. The summed E-state index contributed by atoms with van der Waals surface area (Å²) < 4.78 is 0. The van der Waals surface area contributed by atoms with Gasteiger partial charge >= 0.3 is 0 Å². The highest BCUT2D eigenvalue weighted by Gasteiger charge is 2.27. The van der Waals surface area contributed by atoms with E-state index in [9.17, 15) is 4.79 Å². The highest BCUT2D eigenvalue weighted by molar-refractivity contribution is 5.84. The van der Waals surface area contributed by atoms with Gasteiger partial charge in [-0.05, 0) is 11.5 Å². The van der Waals surface area contributed by atoms with E-state index in [0.29, 0.717) is 19.5 Å². The molecule has 1 saturated heterocycles. The minimum absolute atomic E-state index is 0.0722. The Morgan fingerprint density at radius 2 is 2.20 bits per heavy atom. The maximum Gasteiger partial charge on any atom is 0.223 e. The van der Waals surface area contributed by atoms with Crippen molar-refractivity contribution >= 4 is 16.7 Å². The second-order valence-corrected chi connectivity index (χ2v) is 5.14. The molecule has 3 nitrogen and oxygen atoms in total. The summed E-state index contributed by atoms with van der Waals surface area (Å²) in [6.45, 7) is 1.37. The largest absolute Gasteiger partial charge is 0.341 e. The van der Waals surface area contributed by atoms with Gasteiger partial charge in [0.05, 0.1) is 0 Å². The topological polar surface area (TPSA) is 33.2 Å². The number of carbonyl (C=O) groups excluding carboxylic acids is 1. The Labute approximate surface area is 118 Å².